The van der Waals surface area contributed by atoms with Gasteiger partial charge in [0.1, 0.15) is 10.8 Å². The van der Waals surface area contributed by atoms with Gasteiger partial charge in [-0.1, -0.05) is 35.3 Å². The summed E-state index contributed by atoms with van der Waals surface area (Å²) in [4.78, 5) is 0. The molecule has 70 valence electrons. The van der Waals surface area contributed by atoms with Crippen LogP contribution in [0.25, 0.3) is 0 Å². The lowest BCUT2D eigenvalue weighted by Gasteiger charge is -2.10. The Balaban J connectivity index is 3.25. The van der Waals surface area contributed by atoms with Crippen molar-refractivity contribution >= 4 is 23.2 Å². The first-order valence-electron chi connectivity index (χ1n) is 3.63. The number of phenols is 1. The van der Waals surface area contributed by atoms with Crippen LogP contribution < -0.4 is 5.73 Å². The monoisotopic (exact) mass is 217 g/mol. The van der Waals surface area contributed by atoms with E-state index in [9.17, 15) is 5.11 Å². The molecule has 1 aromatic rings. The number of benzene rings is 1. The number of hydrogen-bond acceptors (Lipinski definition) is 2. The summed E-state index contributed by atoms with van der Waals surface area (Å²) in [6, 6.07) is 2.77. The van der Waals surface area contributed by atoms with Gasteiger partial charge < -0.3 is 10.8 Å². The van der Waals surface area contributed by atoms with Gasteiger partial charge in [-0.25, -0.2) is 0 Å². The molecule has 0 bridgehead atoms. The van der Waals surface area contributed by atoms with E-state index >= 15 is 0 Å². The predicted octanol–water partition coefficient (Wildman–Crippen LogP) is 2.88. The zero-order chi connectivity index (χ0) is 10.0. The predicted molar refractivity (Wildman–Crippen MR) is 55.3 cm³/mol. The van der Waals surface area contributed by atoms with E-state index < -0.39 is 6.04 Å². The fourth-order valence-electron chi connectivity index (χ4n) is 0.951. The van der Waals surface area contributed by atoms with E-state index in [-0.39, 0.29) is 10.8 Å². The number of halogens is 2. The lowest BCUT2D eigenvalue weighted by atomic mass is 10.1. The van der Waals surface area contributed by atoms with Crippen molar-refractivity contribution in [2.45, 2.75) is 6.04 Å². The Bertz CT molecular complexity index is 339. The minimum absolute atomic E-state index is 0.0819. The van der Waals surface area contributed by atoms with E-state index in [1.54, 1.807) is 12.1 Å². The van der Waals surface area contributed by atoms with Crippen LogP contribution in [0.2, 0.25) is 10.0 Å². The van der Waals surface area contributed by atoms with Crippen LogP contribution in [0.3, 0.4) is 0 Å². The second-order valence-electron chi connectivity index (χ2n) is 2.56. The van der Waals surface area contributed by atoms with Crippen LogP contribution in [0.4, 0.5) is 0 Å². The van der Waals surface area contributed by atoms with Crippen molar-refractivity contribution in [1.29, 1.82) is 0 Å². The number of hydrogen-bond donors (Lipinski definition) is 2. The lowest BCUT2D eigenvalue weighted by molar-refractivity contribution is 0.466. The van der Waals surface area contributed by atoms with Crippen LogP contribution in [-0.2, 0) is 0 Å². The molecule has 0 saturated carbocycles. The third kappa shape index (κ3) is 1.97. The van der Waals surface area contributed by atoms with Crippen molar-refractivity contribution in [1.82, 2.24) is 0 Å². The summed E-state index contributed by atoms with van der Waals surface area (Å²) < 4.78 is 0. The molecule has 0 radical (unpaired) electrons. The molecule has 0 aromatic heterocycles. The highest BCUT2D eigenvalue weighted by Gasteiger charge is 2.12. The summed E-state index contributed by atoms with van der Waals surface area (Å²) in [6.45, 7) is 3.52. The number of nitrogens with two attached hydrogens (primary N) is 1. The fourth-order valence-corrected chi connectivity index (χ4v) is 1.28. The number of aromatic hydroxyl groups is 1. The van der Waals surface area contributed by atoms with Gasteiger partial charge >= 0.3 is 0 Å². The molecule has 0 spiro atoms. The number of phenolic OH excluding ortho intramolecular Hbond substituents is 1. The highest BCUT2D eigenvalue weighted by Crippen LogP contribution is 2.36. The minimum Gasteiger partial charge on any atom is -0.506 e. The Hall–Kier alpha value is -0.700. The van der Waals surface area contributed by atoms with Gasteiger partial charge in [0.25, 0.3) is 0 Å². The molecular weight excluding hydrogens is 209 g/mol. The summed E-state index contributed by atoms with van der Waals surface area (Å²) in [7, 11) is 0. The molecule has 0 fully saturated rings. The van der Waals surface area contributed by atoms with Crippen LogP contribution in [0.15, 0.2) is 24.8 Å². The molecule has 0 aliphatic carbocycles. The SMILES string of the molecule is C=C[C@H](N)c1ccc(Cl)c(Cl)c1O. The maximum absolute atomic E-state index is 9.54. The Morgan fingerprint density at radius 1 is 1.46 bits per heavy atom. The first-order chi connectivity index (χ1) is 6.07. The van der Waals surface area contributed by atoms with Crippen molar-refractivity contribution in [3.63, 3.8) is 0 Å². The standard InChI is InChI=1S/C9H9Cl2NO/c1-2-7(12)5-3-4-6(10)8(11)9(5)13/h2-4,7,13H,1,12H2/t7-/m0/s1. The van der Waals surface area contributed by atoms with E-state index in [0.29, 0.717) is 10.6 Å². The Morgan fingerprint density at radius 3 is 2.62 bits per heavy atom. The van der Waals surface area contributed by atoms with E-state index in [2.05, 4.69) is 6.58 Å². The molecule has 0 saturated heterocycles. The molecule has 1 rings (SSSR count). The summed E-state index contributed by atoms with van der Waals surface area (Å²) in [5.41, 5.74) is 6.15. The normalized spacial score (nSPS) is 12.5. The summed E-state index contributed by atoms with van der Waals surface area (Å²) >= 11 is 11.4. The van der Waals surface area contributed by atoms with Crippen LogP contribution in [-0.4, -0.2) is 5.11 Å². The van der Waals surface area contributed by atoms with Crippen molar-refractivity contribution in [2.75, 3.05) is 0 Å². The average molecular weight is 218 g/mol. The van der Waals surface area contributed by atoms with E-state index in [4.69, 9.17) is 28.9 Å². The molecule has 0 amide bonds. The lowest BCUT2D eigenvalue weighted by Crippen LogP contribution is -2.06. The van der Waals surface area contributed by atoms with Crippen LogP contribution >= 0.6 is 23.2 Å². The van der Waals surface area contributed by atoms with E-state index in [0.717, 1.165) is 0 Å². The second-order valence-corrected chi connectivity index (χ2v) is 3.35. The third-order valence-electron chi connectivity index (χ3n) is 1.71. The molecule has 2 nitrogen and oxygen atoms in total. The van der Waals surface area contributed by atoms with Crippen LogP contribution in [0, 0.1) is 0 Å². The van der Waals surface area contributed by atoms with E-state index in [1.165, 1.54) is 6.08 Å². The number of rotatable bonds is 2. The van der Waals surface area contributed by atoms with E-state index in [1.807, 2.05) is 0 Å². The molecule has 4 heteroatoms. The second kappa shape index (κ2) is 4.01. The van der Waals surface area contributed by atoms with Gasteiger partial charge in [0, 0.05) is 5.56 Å². The Kier molecular flexibility index (Phi) is 3.20. The van der Waals surface area contributed by atoms with Gasteiger partial charge in [0.15, 0.2) is 0 Å². The van der Waals surface area contributed by atoms with Gasteiger partial charge in [-0.2, -0.15) is 0 Å². The highest BCUT2D eigenvalue weighted by molar-refractivity contribution is 6.43. The smallest absolute Gasteiger partial charge is 0.140 e. The molecule has 3 N–H and O–H groups in total. The molecule has 0 aliphatic rings. The summed E-state index contributed by atoms with van der Waals surface area (Å²) in [5.74, 6) is -0.0819. The average Bonchev–Trinajstić information content (AvgIpc) is 2.13. The zero-order valence-electron chi connectivity index (χ0n) is 6.80. The maximum atomic E-state index is 9.54. The molecule has 0 heterocycles. The Morgan fingerprint density at radius 2 is 2.08 bits per heavy atom. The van der Waals surface area contributed by atoms with Crippen molar-refractivity contribution in [3.8, 4) is 5.75 Å². The van der Waals surface area contributed by atoms with Gasteiger partial charge in [0.05, 0.1) is 11.1 Å². The molecule has 0 aliphatic heterocycles. The zero-order valence-corrected chi connectivity index (χ0v) is 8.31. The Labute approximate surface area is 86.6 Å². The quantitative estimate of drug-likeness (QED) is 0.749. The van der Waals surface area contributed by atoms with Crippen LogP contribution in [0.5, 0.6) is 5.75 Å². The van der Waals surface area contributed by atoms with Crippen molar-refractivity contribution in [3.05, 3.63) is 40.4 Å². The molecule has 13 heavy (non-hydrogen) atoms. The van der Waals surface area contributed by atoms with Gasteiger partial charge in [-0.05, 0) is 6.07 Å². The van der Waals surface area contributed by atoms with Crippen LogP contribution in [0.1, 0.15) is 11.6 Å². The summed E-state index contributed by atoms with van der Waals surface area (Å²) in [6.07, 6.45) is 1.51. The first-order valence-corrected chi connectivity index (χ1v) is 4.38. The maximum Gasteiger partial charge on any atom is 0.140 e. The molecular formula is C9H9Cl2NO. The minimum atomic E-state index is -0.435. The van der Waals surface area contributed by atoms with Gasteiger partial charge in [-0.3, -0.25) is 0 Å². The van der Waals surface area contributed by atoms with Gasteiger partial charge in [0.2, 0.25) is 0 Å². The molecule has 0 unspecified atom stereocenters. The van der Waals surface area contributed by atoms with Gasteiger partial charge in [-0.15, -0.1) is 6.58 Å². The molecule has 1 atom stereocenters. The fraction of sp³-hybridized carbons (Fsp3) is 0.111. The van der Waals surface area contributed by atoms with Crippen molar-refractivity contribution in [2.24, 2.45) is 5.73 Å². The largest absolute Gasteiger partial charge is 0.506 e. The topological polar surface area (TPSA) is 46.2 Å². The molecule has 1 aromatic carbocycles. The summed E-state index contributed by atoms with van der Waals surface area (Å²) in [5, 5.41) is 9.96. The highest BCUT2D eigenvalue weighted by atomic mass is 35.5. The first kappa shape index (κ1) is 10.4. The van der Waals surface area contributed by atoms with Crippen molar-refractivity contribution < 1.29 is 5.11 Å². The third-order valence-corrected chi connectivity index (χ3v) is 2.51.